The summed E-state index contributed by atoms with van der Waals surface area (Å²) < 4.78 is 16.1. The van der Waals surface area contributed by atoms with Crippen LogP contribution in [0.3, 0.4) is 0 Å². The Kier molecular flexibility index (Phi) is 4.85. The van der Waals surface area contributed by atoms with Crippen LogP contribution in [0.4, 0.5) is 10.2 Å². The lowest BCUT2D eigenvalue weighted by molar-refractivity contribution is -0.119. The Bertz CT molecular complexity index is 867. The van der Waals surface area contributed by atoms with Crippen LogP contribution in [0.2, 0.25) is 5.02 Å². The molecule has 3 rings (SSSR count). The molecular formula is C17H17ClFN5O. The van der Waals surface area contributed by atoms with Crippen molar-refractivity contribution in [3.8, 4) is 0 Å². The number of amides is 1. The average Bonchev–Trinajstić information content (AvgIpc) is 3.15. The van der Waals surface area contributed by atoms with E-state index >= 15 is 0 Å². The van der Waals surface area contributed by atoms with Crippen LogP contribution in [0.25, 0.3) is 0 Å². The number of rotatable bonds is 5. The topological polar surface area (TPSA) is 64.7 Å². The summed E-state index contributed by atoms with van der Waals surface area (Å²) in [5.74, 6) is -0.0831. The average molecular weight is 362 g/mol. The number of nitrogens with one attached hydrogen (secondary N) is 1. The van der Waals surface area contributed by atoms with E-state index in [-0.39, 0.29) is 11.7 Å². The molecule has 0 fully saturated rings. The summed E-state index contributed by atoms with van der Waals surface area (Å²) in [6, 6.07) is 7.38. The highest BCUT2D eigenvalue weighted by Crippen LogP contribution is 2.17. The number of hydrogen-bond donors (Lipinski definition) is 1. The second-order valence-corrected chi connectivity index (χ2v) is 6.14. The molecular weight excluding hydrogens is 345 g/mol. The molecule has 3 aromatic rings. The Morgan fingerprint density at radius 1 is 1.28 bits per heavy atom. The van der Waals surface area contributed by atoms with Gasteiger partial charge in [0.15, 0.2) is 5.82 Å². The van der Waals surface area contributed by atoms with Crippen LogP contribution in [0.5, 0.6) is 0 Å². The first-order valence-electron chi connectivity index (χ1n) is 7.72. The maximum atomic E-state index is 12.9. The minimum atomic E-state index is -0.520. The van der Waals surface area contributed by atoms with Crippen molar-refractivity contribution in [1.82, 2.24) is 19.6 Å². The van der Waals surface area contributed by atoms with Gasteiger partial charge in [0.25, 0.3) is 0 Å². The van der Waals surface area contributed by atoms with Crippen LogP contribution >= 0.6 is 11.6 Å². The lowest BCUT2D eigenvalue weighted by Gasteiger charge is -2.11. The van der Waals surface area contributed by atoms with Crippen LogP contribution in [0.15, 0.2) is 42.7 Å². The third-order valence-corrected chi connectivity index (χ3v) is 4.15. The summed E-state index contributed by atoms with van der Waals surface area (Å²) in [4.78, 5) is 12.3. The zero-order chi connectivity index (χ0) is 18.0. The molecule has 1 unspecified atom stereocenters. The molecule has 0 aliphatic heterocycles. The second kappa shape index (κ2) is 7.06. The van der Waals surface area contributed by atoms with E-state index in [0.717, 1.165) is 5.56 Å². The van der Waals surface area contributed by atoms with Crippen LogP contribution < -0.4 is 5.32 Å². The number of halogens is 2. The molecule has 0 aliphatic carbocycles. The molecule has 0 radical (unpaired) electrons. The first-order valence-corrected chi connectivity index (χ1v) is 8.10. The highest BCUT2D eigenvalue weighted by molar-refractivity contribution is 6.31. The van der Waals surface area contributed by atoms with E-state index in [1.54, 1.807) is 49.1 Å². The summed E-state index contributed by atoms with van der Waals surface area (Å²) in [5.41, 5.74) is 1.59. The van der Waals surface area contributed by atoms with Gasteiger partial charge in [-0.1, -0.05) is 23.7 Å². The predicted octanol–water partition coefficient (Wildman–Crippen LogP) is 3.43. The van der Waals surface area contributed by atoms with Gasteiger partial charge >= 0.3 is 0 Å². The standard InChI is InChI=1S/C17H17ClFN5O/c1-11-15(18)10-24(21-11)12(2)17(25)20-16-7-8-23(22-16)9-13-3-5-14(19)6-4-13/h3-8,10,12H,9H2,1-2H3,(H,20,22,25). The number of hydrogen-bond acceptors (Lipinski definition) is 3. The number of aromatic nitrogens is 4. The number of anilines is 1. The molecule has 25 heavy (non-hydrogen) atoms. The van der Waals surface area contributed by atoms with Crippen molar-refractivity contribution in [3.63, 3.8) is 0 Å². The fraction of sp³-hybridized carbons (Fsp3) is 0.235. The summed E-state index contributed by atoms with van der Waals surface area (Å²) in [7, 11) is 0. The van der Waals surface area contributed by atoms with Gasteiger partial charge in [0.1, 0.15) is 11.9 Å². The Morgan fingerprint density at radius 2 is 2.00 bits per heavy atom. The molecule has 0 saturated heterocycles. The SMILES string of the molecule is Cc1nn(C(C)C(=O)Nc2ccn(Cc3ccc(F)cc3)n2)cc1Cl. The molecule has 1 atom stereocenters. The zero-order valence-electron chi connectivity index (χ0n) is 13.8. The van der Waals surface area contributed by atoms with Gasteiger partial charge in [0.2, 0.25) is 5.91 Å². The van der Waals surface area contributed by atoms with Gasteiger partial charge in [-0.3, -0.25) is 14.2 Å². The number of benzene rings is 1. The molecule has 0 spiro atoms. The summed E-state index contributed by atoms with van der Waals surface area (Å²) in [6.07, 6.45) is 3.37. The monoisotopic (exact) mass is 361 g/mol. The first kappa shape index (κ1) is 17.2. The Hall–Kier alpha value is -2.67. The van der Waals surface area contributed by atoms with Crippen molar-refractivity contribution in [2.45, 2.75) is 26.4 Å². The van der Waals surface area contributed by atoms with Crippen molar-refractivity contribution in [2.75, 3.05) is 5.32 Å². The first-order chi connectivity index (χ1) is 11.9. The van der Waals surface area contributed by atoms with Crippen LogP contribution in [-0.4, -0.2) is 25.5 Å². The van der Waals surface area contributed by atoms with E-state index in [4.69, 9.17) is 11.6 Å². The maximum absolute atomic E-state index is 12.9. The van der Waals surface area contributed by atoms with Crippen molar-refractivity contribution < 1.29 is 9.18 Å². The molecule has 1 N–H and O–H groups in total. The molecule has 6 nitrogen and oxygen atoms in total. The fourth-order valence-electron chi connectivity index (χ4n) is 2.30. The minimum absolute atomic E-state index is 0.244. The largest absolute Gasteiger partial charge is 0.307 e. The fourth-order valence-corrected chi connectivity index (χ4v) is 2.44. The second-order valence-electron chi connectivity index (χ2n) is 5.73. The normalized spacial score (nSPS) is 12.2. The van der Waals surface area contributed by atoms with Crippen molar-refractivity contribution in [3.05, 3.63) is 64.8 Å². The van der Waals surface area contributed by atoms with Crippen LogP contribution in [-0.2, 0) is 11.3 Å². The highest BCUT2D eigenvalue weighted by Gasteiger charge is 2.18. The third kappa shape index (κ3) is 4.06. The van der Waals surface area contributed by atoms with Gasteiger partial charge < -0.3 is 5.32 Å². The molecule has 2 aromatic heterocycles. The van der Waals surface area contributed by atoms with Crippen molar-refractivity contribution in [2.24, 2.45) is 0 Å². The molecule has 1 amide bonds. The van der Waals surface area contributed by atoms with E-state index in [9.17, 15) is 9.18 Å². The zero-order valence-corrected chi connectivity index (χ0v) is 14.5. The van der Waals surface area contributed by atoms with E-state index in [1.807, 2.05) is 0 Å². The van der Waals surface area contributed by atoms with E-state index < -0.39 is 6.04 Å². The summed E-state index contributed by atoms with van der Waals surface area (Å²) in [5, 5.41) is 11.8. The number of carbonyl (C=O) groups is 1. The minimum Gasteiger partial charge on any atom is -0.307 e. The Morgan fingerprint density at radius 3 is 2.64 bits per heavy atom. The molecule has 0 aliphatic rings. The van der Waals surface area contributed by atoms with E-state index in [2.05, 4.69) is 15.5 Å². The highest BCUT2D eigenvalue weighted by atomic mass is 35.5. The summed E-state index contributed by atoms with van der Waals surface area (Å²) >= 11 is 5.97. The Labute approximate surface area is 149 Å². The smallest absolute Gasteiger partial charge is 0.250 e. The van der Waals surface area contributed by atoms with Crippen molar-refractivity contribution >= 4 is 23.3 Å². The van der Waals surface area contributed by atoms with Crippen LogP contribution in [0, 0.1) is 12.7 Å². The van der Waals surface area contributed by atoms with E-state index in [1.165, 1.54) is 16.8 Å². The lowest BCUT2D eigenvalue weighted by atomic mass is 10.2. The number of aryl methyl sites for hydroxylation is 1. The lowest BCUT2D eigenvalue weighted by Crippen LogP contribution is -2.24. The van der Waals surface area contributed by atoms with E-state index in [0.29, 0.717) is 23.1 Å². The summed E-state index contributed by atoms with van der Waals surface area (Å²) in [6.45, 7) is 3.99. The van der Waals surface area contributed by atoms with Gasteiger partial charge in [-0.25, -0.2) is 4.39 Å². The number of nitrogens with zero attached hydrogens (tertiary/aromatic N) is 4. The predicted molar refractivity (Wildman–Crippen MR) is 93.0 cm³/mol. The molecule has 0 saturated carbocycles. The van der Waals surface area contributed by atoms with Crippen LogP contribution in [0.1, 0.15) is 24.2 Å². The van der Waals surface area contributed by atoms with Gasteiger partial charge in [-0.15, -0.1) is 0 Å². The maximum Gasteiger partial charge on any atom is 0.250 e. The molecule has 0 bridgehead atoms. The Balaban J connectivity index is 1.64. The molecule has 1 aromatic carbocycles. The van der Waals surface area contributed by atoms with Gasteiger partial charge in [0, 0.05) is 18.5 Å². The molecule has 2 heterocycles. The van der Waals surface area contributed by atoms with Gasteiger partial charge in [-0.05, 0) is 31.5 Å². The molecule has 8 heteroatoms. The third-order valence-electron chi connectivity index (χ3n) is 3.78. The molecule has 130 valence electrons. The quantitative estimate of drug-likeness (QED) is 0.757. The van der Waals surface area contributed by atoms with Gasteiger partial charge in [0.05, 0.1) is 17.3 Å². The number of carbonyl (C=O) groups excluding carboxylic acids is 1. The van der Waals surface area contributed by atoms with Gasteiger partial charge in [-0.2, -0.15) is 10.2 Å². The van der Waals surface area contributed by atoms with Crippen molar-refractivity contribution in [1.29, 1.82) is 0 Å².